The average molecular weight is 578 g/mol. The Labute approximate surface area is 240 Å². The zero-order valence-corrected chi connectivity index (χ0v) is 23.0. The fourth-order valence-corrected chi connectivity index (χ4v) is 5.40. The molecule has 4 aromatic rings. The van der Waals surface area contributed by atoms with Gasteiger partial charge in [0.1, 0.15) is 24.0 Å². The summed E-state index contributed by atoms with van der Waals surface area (Å²) in [6.45, 7) is 2.22. The molecule has 0 saturated heterocycles. The molecule has 218 valence electrons. The highest BCUT2D eigenvalue weighted by Crippen LogP contribution is 2.32. The standard InChI is InChI=1S/C31H30F3N5O3/c1-2-42-31-23-6-3-4-8-27(23)39(38-31)17-28(40)37-26(14-18-12-20(32)16-21(33)13-18)29-22(7-5-11-36-29)19-9-10-25(34)24(15-19)30(35)41/h5,7,9-13,15-16,26H,2-4,6,8,14,17H2,1H3,(H2,35,41)(H,37,40)/t26-/m0/s1. The zero-order chi connectivity index (χ0) is 29.8. The fourth-order valence-electron chi connectivity index (χ4n) is 5.40. The smallest absolute Gasteiger partial charge is 0.251 e. The van der Waals surface area contributed by atoms with Crippen LogP contribution in [0.5, 0.6) is 5.88 Å². The van der Waals surface area contributed by atoms with E-state index < -0.39 is 35.3 Å². The van der Waals surface area contributed by atoms with E-state index in [0.717, 1.165) is 49.1 Å². The van der Waals surface area contributed by atoms with Crippen molar-refractivity contribution >= 4 is 11.8 Å². The van der Waals surface area contributed by atoms with Crippen molar-refractivity contribution in [3.63, 3.8) is 0 Å². The first-order chi connectivity index (χ1) is 20.2. The topological polar surface area (TPSA) is 112 Å². The molecule has 42 heavy (non-hydrogen) atoms. The number of amides is 2. The molecule has 0 aliphatic heterocycles. The largest absolute Gasteiger partial charge is 0.477 e. The number of fused-ring (bicyclic) bond motifs is 1. The normalized spacial score (nSPS) is 13.3. The van der Waals surface area contributed by atoms with Gasteiger partial charge in [-0.25, -0.2) is 13.2 Å². The summed E-state index contributed by atoms with van der Waals surface area (Å²) in [5, 5.41) is 7.51. The quantitative estimate of drug-likeness (QED) is 0.280. The van der Waals surface area contributed by atoms with E-state index in [1.807, 2.05) is 6.92 Å². The highest BCUT2D eigenvalue weighted by Gasteiger charge is 2.26. The Kier molecular flexibility index (Phi) is 8.56. The van der Waals surface area contributed by atoms with Gasteiger partial charge in [0.05, 0.1) is 23.9 Å². The van der Waals surface area contributed by atoms with Crippen LogP contribution in [0.1, 0.15) is 58.7 Å². The molecule has 0 spiro atoms. The number of carbonyl (C=O) groups is 2. The van der Waals surface area contributed by atoms with Gasteiger partial charge in [-0.2, -0.15) is 0 Å². The Morgan fingerprint density at radius 3 is 2.57 bits per heavy atom. The van der Waals surface area contributed by atoms with Gasteiger partial charge in [-0.3, -0.25) is 19.3 Å². The molecule has 0 unspecified atom stereocenters. The van der Waals surface area contributed by atoms with Crippen molar-refractivity contribution in [3.8, 4) is 17.0 Å². The predicted octanol–water partition coefficient (Wildman–Crippen LogP) is 4.84. The lowest BCUT2D eigenvalue weighted by Gasteiger charge is -2.22. The molecule has 1 aliphatic carbocycles. The Bertz CT molecular complexity index is 1620. The van der Waals surface area contributed by atoms with Crippen molar-refractivity contribution in [2.75, 3.05) is 6.61 Å². The highest BCUT2D eigenvalue weighted by molar-refractivity contribution is 5.94. The maximum atomic E-state index is 14.2. The number of hydrogen-bond acceptors (Lipinski definition) is 5. The first-order valence-corrected chi connectivity index (χ1v) is 13.7. The van der Waals surface area contributed by atoms with Crippen LogP contribution in [-0.4, -0.2) is 33.2 Å². The molecule has 0 saturated carbocycles. The Morgan fingerprint density at radius 2 is 1.83 bits per heavy atom. The molecule has 11 heteroatoms. The maximum Gasteiger partial charge on any atom is 0.251 e. The molecule has 8 nitrogen and oxygen atoms in total. The van der Waals surface area contributed by atoms with Crippen LogP contribution in [0.2, 0.25) is 0 Å². The van der Waals surface area contributed by atoms with Crippen LogP contribution in [0.3, 0.4) is 0 Å². The molecule has 2 aromatic heterocycles. The average Bonchev–Trinajstić information content (AvgIpc) is 3.29. The number of carbonyl (C=O) groups excluding carboxylic acids is 2. The molecule has 2 aromatic carbocycles. The van der Waals surface area contributed by atoms with E-state index >= 15 is 0 Å². The lowest BCUT2D eigenvalue weighted by atomic mass is 9.94. The molecular formula is C31H30F3N5O3. The number of nitrogens with one attached hydrogen (secondary N) is 1. The predicted molar refractivity (Wildman–Crippen MR) is 149 cm³/mol. The van der Waals surface area contributed by atoms with Crippen molar-refractivity contribution < 1.29 is 27.5 Å². The molecule has 3 N–H and O–H groups in total. The summed E-state index contributed by atoms with van der Waals surface area (Å²) < 4.78 is 49.8. The number of hydrogen-bond donors (Lipinski definition) is 2. The van der Waals surface area contributed by atoms with E-state index in [1.165, 1.54) is 30.5 Å². The van der Waals surface area contributed by atoms with Gasteiger partial charge in [0.25, 0.3) is 5.91 Å². The van der Waals surface area contributed by atoms with Crippen LogP contribution in [0, 0.1) is 17.5 Å². The van der Waals surface area contributed by atoms with Gasteiger partial charge in [0.15, 0.2) is 0 Å². The SMILES string of the molecule is CCOc1nn(CC(=O)N[C@@H](Cc2cc(F)cc(F)c2)c2ncccc2-c2ccc(F)c(C(N)=O)c2)c2c1CCCC2. The van der Waals surface area contributed by atoms with Crippen LogP contribution >= 0.6 is 0 Å². The Balaban J connectivity index is 1.51. The van der Waals surface area contributed by atoms with E-state index in [1.54, 1.807) is 16.8 Å². The minimum atomic E-state index is -0.936. The van der Waals surface area contributed by atoms with E-state index in [2.05, 4.69) is 15.4 Å². The third-order valence-electron chi connectivity index (χ3n) is 7.20. The van der Waals surface area contributed by atoms with Crippen LogP contribution in [0.15, 0.2) is 54.7 Å². The summed E-state index contributed by atoms with van der Waals surface area (Å²) in [6, 6.07) is 9.54. The molecule has 1 atom stereocenters. The van der Waals surface area contributed by atoms with Crippen molar-refractivity contribution in [1.82, 2.24) is 20.1 Å². The van der Waals surface area contributed by atoms with Crippen molar-refractivity contribution in [1.29, 1.82) is 0 Å². The number of rotatable bonds is 10. The van der Waals surface area contributed by atoms with Crippen molar-refractivity contribution in [2.24, 2.45) is 5.73 Å². The fraction of sp³-hybridized carbons (Fsp3) is 0.290. The van der Waals surface area contributed by atoms with Gasteiger partial charge >= 0.3 is 0 Å². The molecule has 0 fully saturated rings. The summed E-state index contributed by atoms with van der Waals surface area (Å²) in [5.41, 5.74) is 8.58. The van der Waals surface area contributed by atoms with Crippen LogP contribution in [-0.2, 0) is 30.6 Å². The Morgan fingerprint density at radius 1 is 1.07 bits per heavy atom. The lowest BCUT2D eigenvalue weighted by Crippen LogP contribution is -2.34. The van der Waals surface area contributed by atoms with Gasteiger partial charge in [0.2, 0.25) is 11.8 Å². The number of pyridine rings is 1. The first-order valence-electron chi connectivity index (χ1n) is 13.7. The molecule has 2 amide bonds. The minimum Gasteiger partial charge on any atom is -0.477 e. The second kappa shape index (κ2) is 12.5. The first kappa shape index (κ1) is 28.8. The van der Waals surface area contributed by atoms with Gasteiger partial charge < -0.3 is 15.8 Å². The van der Waals surface area contributed by atoms with E-state index in [0.29, 0.717) is 34.9 Å². The second-order valence-electron chi connectivity index (χ2n) is 10.1. The zero-order valence-electron chi connectivity index (χ0n) is 23.0. The molecule has 5 rings (SSSR count). The van der Waals surface area contributed by atoms with E-state index in [9.17, 15) is 22.8 Å². The van der Waals surface area contributed by atoms with Crippen LogP contribution in [0.4, 0.5) is 13.2 Å². The summed E-state index contributed by atoms with van der Waals surface area (Å²) in [7, 11) is 0. The van der Waals surface area contributed by atoms with Crippen LogP contribution < -0.4 is 15.8 Å². The molecule has 0 bridgehead atoms. The number of benzene rings is 2. The number of aromatic nitrogens is 3. The van der Waals surface area contributed by atoms with Gasteiger partial charge in [-0.1, -0.05) is 12.1 Å². The molecule has 1 aliphatic rings. The van der Waals surface area contributed by atoms with Crippen molar-refractivity contribution in [3.05, 3.63) is 100 Å². The number of ether oxygens (including phenoxy) is 1. The number of nitrogens with zero attached hydrogens (tertiary/aromatic N) is 3. The highest BCUT2D eigenvalue weighted by atomic mass is 19.1. The lowest BCUT2D eigenvalue weighted by molar-refractivity contribution is -0.122. The monoisotopic (exact) mass is 577 g/mol. The van der Waals surface area contributed by atoms with Gasteiger partial charge in [0, 0.05) is 29.1 Å². The van der Waals surface area contributed by atoms with Gasteiger partial charge in [-0.05, 0) is 80.5 Å². The van der Waals surface area contributed by atoms with Gasteiger partial charge in [-0.15, -0.1) is 5.10 Å². The molecule has 0 radical (unpaired) electrons. The third kappa shape index (κ3) is 6.29. The summed E-state index contributed by atoms with van der Waals surface area (Å²) in [4.78, 5) is 29.8. The van der Waals surface area contributed by atoms with E-state index in [-0.39, 0.29) is 18.5 Å². The Hall–Kier alpha value is -4.67. The molecule has 2 heterocycles. The number of halogens is 3. The van der Waals surface area contributed by atoms with Crippen molar-refractivity contribution in [2.45, 2.75) is 51.6 Å². The summed E-state index contributed by atoms with van der Waals surface area (Å²) in [6.07, 6.45) is 5.09. The van der Waals surface area contributed by atoms with E-state index in [4.69, 9.17) is 10.5 Å². The molecular weight excluding hydrogens is 547 g/mol. The third-order valence-corrected chi connectivity index (χ3v) is 7.20. The number of primary amides is 1. The maximum absolute atomic E-state index is 14.2. The number of nitrogens with two attached hydrogens (primary N) is 1. The summed E-state index contributed by atoms with van der Waals surface area (Å²) >= 11 is 0. The second-order valence-corrected chi connectivity index (χ2v) is 10.1. The van der Waals surface area contributed by atoms with Crippen LogP contribution in [0.25, 0.3) is 11.1 Å². The summed E-state index contributed by atoms with van der Waals surface area (Å²) in [5.74, 6) is -3.09. The minimum absolute atomic E-state index is 0.00425.